The van der Waals surface area contributed by atoms with Crippen molar-refractivity contribution in [2.75, 3.05) is 33.8 Å². The summed E-state index contributed by atoms with van der Waals surface area (Å²) in [6, 6.07) is 7.10. The topological polar surface area (TPSA) is 149 Å². The average Bonchev–Trinajstić information content (AvgIpc) is 3.60. The van der Waals surface area contributed by atoms with Crippen LogP contribution in [-0.2, 0) is 23.9 Å². The Balaban J connectivity index is 1.63. The molecule has 1 aromatic rings. The Labute approximate surface area is 291 Å². The van der Waals surface area contributed by atoms with Crippen LogP contribution in [0.4, 0.5) is 4.79 Å². The molecular weight excluding hydrogens is 624 g/mol. The summed E-state index contributed by atoms with van der Waals surface area (Å²) >= 11 is 0. The molecule has 0 radical (unpaired) electrons. The molecule has 1 saturated heterocycles. The first-order valence-corrected chi connectivity index (χ1v) is 17.7. The molecule has 12 heteroatoms. The van der Waals surface area contributed by atoms with Crippen molar-refractivity contribution < 1.29 is 28.7 Å². The van der Waals surface area contributed by atoms with Crippen LogP contribution in [0.2, 0.25) is 0 Å². The molecule has 0 aromatic heterocycles. The van der Waals surface area contributed by atoms with E-state index in [1.807, 2.05) is 37.3 Å². The van der Waals surface area contributed by atoms with Gasteiger partial charge >= 0.3 is 6.09 Å². The Morgan fingerprint density at radius 2 is 1.63 bits per heavy atom. The first-order valence-electron chi connectivity index (χ1n) is 17.7. The molecule has 270 valence electrons. The fraction of sp³-hybridized carbons (Fsp3) is 0.595. The van der Waals surface area contributed by atoms with Crippen molar-refractivity contribution in [3.8, 4) is 0 Å². The standard InChI is InChI=1S/C37H56N6O6/c1-7-16-29(26(4)34(45)38-24-25(3)39-30(23-32(44)42(5)6)27-17-11-9-12-18-27)40-35(46)31-21-15-22-43(31)36(47)33(41-37(48)49-8-2)28-19-13-10-14-20-28/h9,11-12,17-18,28-31,33,39H,3-4,7-8,10,13-16,19-24H2,1-2,5-6H3,(H,38,45)(H,40,46)(H,41,48). The lowest BCUT2D eigenvalue weighted by molar-refractivity contribution is -0.141. The first kappa shape index (κ1) is 39.1. The molecule has 0 bridgehead atoms. The fourth-order valence-corrected chi connectivity index (χ4v) is 6.57. The molecule has 1 saturated carbocycles. The van der Waals surface area contributed by atoms with Crippen LogP contribution in [0.25, 0.3) is 0 Å². The lowest BCUT2D eigenvalue weighted by Gasteiger charge is -2.34. The van der Waals surface area contributed by atoms with Crippen molar-refractivity contribution >= 4 is 29.7 Å². The van der Waals surface area contributed by atoms with Gasteiger partial charge in [0.2, 0.25) is 23.6 Å². The van der Waals surface area contributed by atoms with E-state index in [9.17, 15) is 24.0 Å². The van der Waals surface area contributed by atoms with Crippen LogP contribution in [0.15, 0.2) is 54.8 Å². The lowest BCUT2D eigenvalue weighted by Crippen LogP contribution is -2.57. The highest BCUT2D eigenvalue weighted by Crippen LogP contribution is 2.29. The summed E-state index contributed by atoms with van der Waals surface area (Å²) < 4.78 is 5.10. The molecule has 4 unspecified atom stereocenters. The minimum absolute atomic E-state index is 0.0213. The van der Waals surface area contributed by atoms with Gasteiger partial charge in [-0.2, -0.15) is 0 Å². The van der Waals surface area contributed by atoms with Crippen LogP contribution in [0.3, 0.4) is 0 Å². The number of benzene rings is 1. The number of nitrogens with zero attached hydrogens (tertiary/aromatic N) is 2. The number of ether oxygens (including phenoxy) is 1. The van der Waals surface area contributed by atoms with Crippen molar-refractivity contribution in [1.29, 1.82) is 0 Å². The Kier molecular flexibility index (Phi) is 15.6. The second kappa shape index (κ2) is 19.6. The van der Waals surface area contributed by atoms with Crippen molar-refractivity contribution in [2.45, 2.75) is 102 Å². The molecule has 4 N–H and O–H groups in total. The molecule has 49 heavy (non-hydrogen) atoms. The molecule has 4 atom stereocenters. The molecular formula is C37H56N6O6. The maximum Gasteiger partial charge on any atom is 0.407 e. The molecule has 1 heterocycles. The zero-order valence-electron chi connectivity index (χ0n) is 29.7. The quantitative estimate of drug-likeness (QED) is 0.182. The third-order valence-corrected chi connectivity index (χ3v) is 9.30. The number of rotatable bonds is 17. The Morgan fingerprint density at radius 1 is 0.939 bits per heavy atom. The molecule has 1 aliphatic carbocycles. The van der Waals surface area contributed by atoms with E-state index < -0.39 is 30.1 Å². The van der Waals surface area contributed by atoms with Gasteiger partial charge in [-0.05, 0) is 50.5 Å². The van der Waals surface area contributed by atoms with Gasteiger partial charge in [0.15, 0.2) is 0 Å². The van der Waals surface area contributed by atoms with E-state index >= 15 is 0 Å². The van der Waals surface area contributed by atoms with Gasteiger partial charge in [-0.25, -0.2) is 4.79 Å². The van der Waals surface area contributed by atoms with Gasteiger partial charge in [0.1, 0.15) is 12.1 Å². The fourth-order valence-electron chi connectivity index (χ4n) is 6.57. The van der Waals surface area contributed by atoms with Crippen molar-refractivity contribution in [3.63, 3.8) is 0 Å². The van der Waals surface area contributed by atoms with Crippen molar-refractivity contribution in [2.24, 2.45) is 5.92 Å². The molecule has 3 rings (SSSR count). The van der Waals surface area contributed by atoms with E-state index in [-0.39, 0.29) is 54.8 Å². The molecule has 5 amide bonds. The Bertz CT molecular complexity index is 1310. The van der Waals surface area contributed by atoms with Gasteiger partial charge in [0, 0.05) is 31.9 Å². The van der Waals surface area contributed by atoms with Crippen LogP contribution in [0.5, 0.6) is 0 Å². The zero-order chi connectivity index (χ0) is 35.9. The van der Waals surface area contributed by atoms with Gasteiger partial charge in [0.05, 0.1) is 31.7 Å². The third-order valence-electron chi connectivity index (χ3n) is 9.30. The highest BCUT2D eigenvalue weighted by atomic mass is 16.5. The van der Waals surface area contributed by atoms with Gasteiger partial charge in [-0.15, -0.1) is 0 Å². The number of likely N-dealkylation sites (tertiary alicyclic amines) is 1. The van der Waals surface area contributed by atoms with E-state index in [0.717, 1.165) is 37.7 Å². The van der Waals surface area contributed by atoms with Crippen LogP contribution < -0.4 is 21.3 Å². The summed E-state index contributed by atoms with van der Waals surface area (Å²) in [6.45, 7) is 12.4. The maximum atomic E-state index is 13.9. The molecule has 1 aliphatic heterocycles. The summed E-state index contributed by atoms with van der Waals surface area (Å²) in [5.74, 6) is -1.12. The summed E-state index contributed by atoms with van der Waals surface area (Å²) in [5, 5.41) is 11.9. The summed E-state index contributed by atoms with van der Waals surface area (Å²) in [6.07, 6.45) is 6.59. The monoisotopic (exact) mass is 680 g/mol. The largest absolute Gasteiger partial charge is 0.450 e. The summed E-state index contributed by atoms with van der Waals surface area (Å²) in [4.78, 5) is 68.9. The van der Waals surface area contributed by atoms with E-state index in [1.165, 1.54) is 4.90 Å². The van der Waals surface area contributed by atoms with Crippen LogP contribution >= 0.6 is 0 Å². The number of carbonyl (C=O) groups is 5. The Hall–Kier alpha value is -4.35. The Morgan fingerprint density at radius 3 is 2.27 bits per heavy atom. The highest BCUT2D eigenvalue weighted by molar-refractivity contribution is 5.96. The van der Waals surface area contributed by atoms with Crippen LogP contribution in [0, 0.1) is 5.92 Å². The SMILES string of the molecule is C=C(CNC(=O)C(=C)C(CCC)NC(=O)C1CCCN1C(=O)C(NC(=O)OCC)C1CCCCC1)NC(CC(=O)N(C)C)c1ccccc1. The molecule has 1 aromatic carbocycles. The number of nitrogens with one attached hydrogen (secondary N) is 4. The van der Waals surface area contributed by atoms with Crippen molar-refractivity contribution in [3.05, 3.63) is 60.3 Å². The predicted molar refractivity (Wildman–Crippen MR) is 189 cm³/mol. The molecule has 2 aliphatic rings. The van der Waals surface area contributed by atoms with Crippen molar-refractivity contribution in [1.82, 2.24) is 31.1 Å². The minimum atomic E-state index is -0.760. The maximum absolute atomic E-state index is 13.9. The number of carbonyl (C=O) groups excluding carboxylic acids is 5. The lowest BCUT2D eigenvalue weighted by atomic mass is 9.83. The van der Waals surface area contributed by atoms with Gasteiger partial charge in [-0.3, -0.25) is 19.2 Å². The molecule has 12 nitrogen and oxygen atoms in total. The van der Waals surface area contributed by atoms with E-state index in [1.54, 1.807) is 25.9 Å². The number of amides is 5. The zero-order valence-corrected chi connectivity index (χ0v) is 29.7. The molecule has 0 spiro atoms. The number of hydrogen-bond donors (Lipinski definition) is 4. The minimum Gasteiger partial charge on any atom is -0.450 e. The second-order valence-corrected chi connectivity index (χ2v) is 13.2. The normalized spacial score (nSPS) is 18.0. The van der Waals surface area contributed by atoms with Gasteiger partial charge in [0.25, 0.3) is 0 Å². The number of alkyl carbamates (subject to hydrolysis) is 1. The van der Waals surface area contributed by atoms with E-state index in [0.29, 0.717) is 37.9 Å². The van der Waals surface area contributed by atoms with E-state index in [2.05, 4.69) is 34.4 Å². The highest BCUT2D eigenvalue weighted by Gasteiger charge is 2.41. The molecule has 2 fully saturated rings. The van der Waals surface area contributed by atoms with Crippen LogP contribution in [-0.4, -0.2) is 91.4 Å². The third kappa shape index (κ3) is 11.6. The van der Waals surface area contributed by atoms with Gasteiger partial charge in [-0.1, -0.05) is 76.1 Å². The first-order chi connectivity index (χ1) is 23.5. The number of hydrogen-bond acceptors (Lipinski definition) is 7. The van der Waals surface area contributed by atoms with Gasteiger partial charge < -0.3 is 35.8 Å². The average molecular weight is 681 g/mol. The van der Waals surface area contributed by atoms with Crippen LogP contribution in [0.1, 0.15) is 89.7 Å². The smallest absolute Gasteiger partial charge is 0.407 e. The second-order valence-electron chi connectivity index (χ2n) is 13.2. The van der Waals surface area contributed by atoms with E-state index in [4.69, 9.17) is 4.74 Å². The summed E-state index contributed by atoms with van der Waals surface area (Å²) in [7, 11) is 3.41. The predicted octanol–water partition coefficient (Wildman–Crippen LogP) is 3.95. The summed E-state index contributed by atoms with van der Waals surface area (Å²) in [5.41, 5.74) is 1.63.